The van der Waals surface area contributed by atoms with Gasteiger partial charge in [-0.3, -0.25) is 4.68 Å². The van der Waals surface area contributed by atoms with Crippen LogP contribution < -0.4 is 0 Å². The molecule has 0 bridgehead atoms. The Hall–Kier alpha value is -4.49. The van der Waals surface area contributed by atoms with Crippen LogP contribution in [0.4, 0.5) is 0 Å². The first kappa shape index (κ1) is 21.1. The van der Waals surface area contributed by atoms with Crippen LogP contribution in [0.3, 0.4) is 0 Å². The van der Waals surface area contributed by atoms with Crippen LogP contribution in [-0.4, -0.2) is 18.2 Å². The summed E-state index contributed by atoms with van der Waals surface area (Å²) in [5.74, 6) is 0. The van der Waals surface area contributed by atoms with Crippen LogP contribution in [0.25, 0.3) is 44.7 Å². The Labute approximate surface area is 198 Å². The molecule has 0 saturated heterocycles. The molecule has 3 aromatic heterocycles. The van der Waals surface area contributed by atoms with Gasteiger partial charge in [0.05, 0.1) is 11.4 Å². The second kappa shape index (κ2) is 7.25. The van der Waals surface area contributed by atoms with E-state index in [1.165, 1.54) is 4.68 Å². The highest BCUT2D eigenvalue weighted by Crippen LogP contribution is 2.42. The molecule has 174 valence electrons. The van der Waals surface area contributed by atoms with Gasteiger partial charge in [-0.05, 0) is 38.1 Å². The number of aromatic nitrogens is 2. The Balaban J connectivity index is 1.92. The average Bonchev–Trinajstić information content (AvgIpc) is 3.11. The molecule has 0 radical (unpaired) electrons. The SMILES string of the molecule is Cc1nn(C)c(C)c1S(=O)(=O)c1c2oc3ccccc3oc2c(C#N)c2oc3ccccc3oc12. The second-order valence-electron chi connectivity index (χ2n) is 8.06. The minimum Gasteiger partial charge on any atom is -0.448 e. The maximum atomic E-state index is 14.2. The lowest BCUT2D eigenvalue weighted by Gasteiger charge is -2.13. The molecule has 0 unspecified atom stereocenters. The molecular weight excluding hydrogens is 470 g/mol. The van der Waals surface area contributed by atoms with Crippen LogP contribution >= 0.6 is 0 Å². The average molecular weight is 487 g/mol. The zero-order valence-electron chi connectivity index (χ0n) is 18.8. The number of aryl methyl sites for hydroxylation is 2. The Morgan fingerprint density at radius 1 is 0.771 bits per heavy atom. The molecule has 0 aliphatic rings. The topological polar surface area (TPSA) is 128 Å². The van der Waals surface area contributed by atoms with Crippen LogP contribution in [0.2, 0.25) is 0 Å². The van der Waals surface area contributed by atoms with Crippen molar-refractivity contribution in [1.82, 2.24) is 9.78 Å². The van der Waals surface area contributed by atoms with Crippen molar-refractivity contribution >= 4 is 54.5 Å². The molecule has 3 heterocycles. The fraction of sp³-hybridized carbons (Fsp3) is 0.120. The summed E-state index contributed by atoms with van der Waals surface area (Å²) in [6.07, 6.45) is 0. The highest BCUT2D eigenvalue weighted by atomic mass is 32.2. The van der Waals surface area contributed by atoms with E-state index in [0.29, 0.717) is 33.7 Å². The van der Waals surface area contributed by atoms with E-state index >= 15 is 0 Å². The van der Waals surface area contributed by atoms with Gasteiger partial charge in [0.1, 0.15) is 16.5 Å². The Morgan fingerprint density at radius 3 is 1.57 bits per heavy atom. The molecule has 6 rings (SSSR count). The van der Waals surface area contributed by atoms with Crippen molar-refractivity contribution in [1.29, 1.82) is 5.26 Å². The van der Waals surface area contributed by atoms with E-state index in [9.17, 15) is 13.7 Å². The minimum absolute atomic E-state index is 0.0130. The molecule has 0 atom stereocenters. The first-order chi connectivity index (χ1) is 16.8. The summed E-state index contributed by atoms with van der Waals surface area (Å²) in [6.45, 7) is 3.27. The predicted octanol–water partition coefficient (Wildman–Crippen LogP) is 5.85. The summed E-state index contributed by atoms with van der Waals surface area (Å²) in [6, 6.07) is 15.6. The first-order valence-electron chi connectivity index (χ1n) is 10.6. The largest absolute Gasteiger partial charge is 0.448 e. The van der Waals surface area contributed by atoms with Crippen molar-refractivity contribution in [3.63, 3.8) is 0 Å². The van der Waals surface area contributed by atoms with E-state index in [1.54, 1.807) is 69.4 Å². The third-order valence-electron chi connectivity index (χ3n) is 5.92. The van der Waals surface area contributed by atoms with Crippen molar-refractivity contribution < 1.29 is 26.1 Å². The first-order valence-corrected chi connectivity index (χ1v) is 12.1. The standard InChI is InChI=1S/C25H17N3O6S/c1-13-24(14(2)28(3)27-13)35(29,30)25-22-20(31-16-8-4-6-10-18(16)33-22)15(12-26)21-23(25)34-19-11-7-5-9-17(19)32-21/h4-11H,1-3H3. The molecule has 6 aromatic rings. The summed E-state index contributed by atoms with van der Waals surface area (Å²) in [4.78, 5) is -0.288. The Kier molecular flexibility index (Phi) is 4.37. The lowest BCUT2D eigenvalue weighted by atomic mass is 10.2. The van der Waals surface area contributed by atoms with Crippen LogP contribution in [0.15, 0.2) is 76.0 Å². The number of benzene rings is 3. The van der Waals surface area contributed by atoms with Gasteiger partial charge in [0, 0.05) is 7.05 Å². The molecule has 35 heavy (non-hydrogen) atoms. The molecule has 0 saturated carbocycles. The van der Waals surface area contributed by atoms with Gasteiger partial charge in [0.2, 0.25) is 9.84 Å². The summed E-state index contributed by atoms with van der Waals surface area (Å²) < 4.78 is 54.2. The summed E-state index contributed by atoms with van der Waals surface area (Å²) in [7, 11) is -2.63. The molecule has 0 N–H and O–H groups in total. The zero-order chi connectivity index (χ0) is 24.5. The van der Waals surface area contributed by atoms with E-state index in [2.05, 4.69) is 11.2 Å². The monoisotopic (exact) mass is 487 g/mol. The number of para-hydroxylation sites is 4. The number of hydrogen-bond acceptors (Lipinski definition) is 8. The lowest BCUT2D eigenvalue weighted by molar-refractivity contribution is 0.545. The smallest absolute Gasteiger partial charge is 0.217 e. The van der Waals surface area contributed by atoms with Crippen molar-refractivity contribution in [3.05, 3.63) is 65.5 Å². The van der Waals surface area contributed by atoms with Gasteiger partial charge >= 0.3 is 0 Å². The normalized spacial score (nSPS) is 12.1. The van der Waals surface area contributed by atoms with Crippen molar-refractivity contribution in [2.24, 2.45) is 7.05 Å². The lowest BCUT2D eigenvalue weighted by Crippen LogP contribution is -2.08. The van der Waals surface area contributed by atoms with Crippen LogP contribution in [0.1, 0.15) is 17.0 Å². The molecule has 0 aliphatic heterocycles. The summed E-state index contributed by atoms with van der Waals surface area (Å²) in [5, 5.41) is 14.3. The second-order valence-corrected chi connectivity index (χ2v) is 9.88. The van der Waals surface area contributed by atoms with Crippen LogP contribution in [0.5, 0.6) is 0 Å². The Morgan fingerprint density at radius 2 is 1.20 bits per heavy atom. The number of nitriles is 1. The molecule has 0 amide bonds. The molecular formula is C25H17N3O6S. The van der Waals surface area contributed by atoms with Crippen molar-refractivity contribution in [2.45, 2.75) is 23.6 Å². The third-order valence-corrected chi connectivity index (χ3v) is 7.95. The molecule has 0 fully saturated rings. The van der Waals surface area contributed by atoms with Gasteiger partial charge < -0.3 is 17.7 Å². The van der Waals surface area contributed by atoms with E-state index in [0.717, 1.165) is 0 Å². The fourth-order valence-corrected chi connectivity index (χ4v) is 6.20. The molecule has 0 spiro atoms. The predicted molar refractivity (Wildman–Crippen MR) is 126 cm³/mol. The molecule has 3 aromatic carbocycles. The minimum atomic E-state index is -4.30. The van der Waals surface area contributed by atoms with E-state index in [1.807, 2.05) is 0 Å². The maximum Gasteiger partial charge on any atom is 0.217 e. The van der Waals surface area contributed by atoms with Crippen LogP contribution in [-0.2, 0) is 16.9 Å². The number of nitrogens with zero attached hydrogens (tertiary/aromatic N) is 3. The highest BCUT2D eigenvalue weighted by Gasteiger charge is 2.35. The number of fused-ring (bicyclic) bond motifs is 4. The molecule has 10 heteroatoms. The van der Waals surface area contributed by atoms with E-state index in [4.69, 9.17) is 17.7 Å². The quantitative estimate of drug-likeness (QED) is 0.278. The zero-order valence-corrected chi connectivity index (χ0v) is 19.6. The van der Waals surface area contributed by atoms with E-state index < -0.39 is 9.84 Å². The van der Waals surface area contributed by atoms with Gasteiger partial charge in [-0.25, -0.2) is 8.42 Å². The van der Waals surface area contributed by atoms with Gasteiger partial charge in [0.25, 0.3) is 0 Å². The van der Waals surface area contributed by atoms with Crippen molar-refractivity contribution in [2.75, 3.05) is 0 Å². The Bertz CT molecular complexity index is 1930. The number of rotatable bonds is 2. The highest BCUT2D eigenvalue weighted by molar-refractivity contribution is 7.92. The number of sulfone groups is 1. The van der Waals surface area contributed by atoms with E-state index in [-0.39, 0.29) is 37.7 Å². The molecule has 0 aliphatic carbocycles. The summed E-state index contributed by atoms with van der Waals surface area (Å²) in [5.41, 5.74) is 1.56. The fourth-order valence-electron chi connectivity index (χ4n) is 4.29. The third kappa shape index (κ3) is 2.92. The van der Waals surface area contributed by atoms with Gasteiger partial charge in [-0.1, -0.05) is 24.3 Å². The maximum absolute atomic E-state index is 14.2. The van der Waals surface area contributed by atoms with Crippen LogP contribution in [0, 0.1) is 25.2 Å². The van der Waals surface area contributed by atoms with Crippen molar-refractivity contribution in [3.8, 4) is 6.07 Å². The molecule has 9 nitrogen and oxygen atoms in total. The van der Waals surface area contributed by atoms with Gasteiger partial charge in [-0.2, -0.15) is 10.4 Å². The summed E-state index contributed by atoms with van der Waals surface area (Å²) >= 11 is 0. The number of hydrogen-bond donors (Lipinski definition) is 0. The van der Waals surface area contributed by atoms with Gasteiger partial charge in [-0.15, -0.1) is 0 Å². The van der Waals surface area contributed by atoms with Gasteiger partial charge in [0.15, 0.2) is 49.6 Å².